The van der Waals surface area contributed by atoms with Crippen LogP contribution in [0.25, 0.3) is 0 Å². The standard InChI is InChI=1S/C17H24N4O3.ClH/c1-11(2)10-23-12(3)16-19-15(24-20-16)9-21(4)17(22)13-6-5-7-14(18)8-13;/h5-8,11-12H,9-10,18H2,1-4H3;1H. The van der Waals surface area contributed by atoms with Crippen LogP contribution in [0, 0.1) is 5.92 Å². The topological polar surface area (TPSA) is 94.5 Å². The lowest BCUT2D eigenvalue weighted by Gasteiger charge is -2.15. The molecule has 1 aromatic heterocycles. The fraction of sp³-hybridized carbons (Fsp3) is 0.471. The van der Waals surface area contributed by atoms with E-state index in [1.165, 1.54) is 4.90 Å². The number of carbonyl (C=O) groups excluding carboxylic acids is 1. The van der Waals surface area contributed by atoms with Gasteiger partial charge in [-0.15, -0.1) is 12.4 Å². The molecular formula is C17H25ClN4O3. The molecule has 0 radical (unpaired) electrons. The van der Waals surface area contributed by atoms with E-state index in [4.69, 9.17) is 15.0 Å². The molecule has 0 bridgehead atoms. The minimum Gasteiger partial charge on any atom is -0.399 e. The van der Waals surface area contributed by atoms with Crippen LogP contribution >= 0.6 is 12.4 Å². The second-order valence-electron chi connectivity index (χ2n) is 6.20. The Morgan fingerprint density at radius 2 is 2.08 bits per heavy atom. The fourth-order valence-corrected chi connectivity index (χ4v) is 2.08. The molecule has 2 rings (SSSR count). The van der Waals surface area contributed by atoms with Crippen molar-refractivity contribution in [1.29, 1.82) is 0 Å². The molecule has 25 heavy (non-hydrogen) atoms. The van der Waals surface area contributed by atoms with Crippen LogP contribution < -0.4 is 5.73 Å². The normalized spacial score (nSPS) is 11.9. The molecule has 1 heterocycles. The number of rotatable bonds is 7. The second kappa shape index (κ2) is 9.39. The summed E-state index contributed by atoms with van der Waals surface area (Å²) >= 11 is 0. The van der Waals surface area contributed by atoms with Gasteiger partial charge in [-0.25, -0.2) is 0 Å². The van der Waals surface area contributed by atoms with E-state index in [0.717, 1.165) is 0 Å². The number of carbonyl (C=O) groups is 1. The minimum atomic E-state index is -0.250. The van der Waals surface area contributed by atoms with Crippen molar-refractivity contribution in [3.63, 3.8) is 0 Å². The number of ether oxygens (including phenoxy) is 1. The van der Waals surface area contributed by atoms with Crippen LogP contribution in [0.2, 0.25) is 0 Å². The van der Waals surface area contributed by atoms with Gasteiger partial charge in [0.25, 0.3) is 5.91 Å². The molecule has 2 aromatic rings. The van der Waals surface area contributed by atoms with Gasteiger partial charge in [0, 0.05) is 24.9 Å². The van der Waals surface area contributed by atoms with Gasteiger partial charge in [0.2, 0.25) is 5.89 Å². The predicted octanol–water partition coefficient (Wildman–Crippen LogP) is 3.08. The van der Waals surface area contributed by atoms with Crippen molar-refractivity contribution >= 4 is 24.0 Å². The number of nitrogens with zero attached hydrogens (tertiary/aromatic N) is 3. The molecule has 0 saturated heterocycles. The SMILES string of the molecule is CC(C)COC(C)c1noc(CN(C)C(=O)c2cccc(N)c2)n1.Cl. The number of halogens is 1. The van der Waals surface area contributed by atoms with Gasteiger partial charge in [-0.1, -0.05) is 25.1 Å². The van der Waals surface area contributed by atoms with Crippen LogP contribution in [0.3, 0.4) is 0 Å². The lowest BCUT2D eigenvalue weighted by atomic mass is 10.2. The summed E-state index contributed by atoms with van der Waals surface area (Å²) in [6, 6.07) is 6.84. The molecule has 0 aliphatic rings. The Morgan fingerprint density at radius 1 is 1.36 bits per heavy atom. The van der Waals surface area contributed by atoms with Crippen molar-refractivity contribution in [1.82, 2.24) is 15.0 Å². The van der Waals surface area contributed by atoms with E-state index in [-0.39, 0.29) is 31.0 Å². The molecule has 0 spiro atoms. The van der Waals surface area contributed by atoms with Crippen LogP contribution in [-0.2, 0) is 11.3 Å². The van der Waals surface area contributed by atoms with E-state index in [1.807, 2.05) is 6.92 Å². The van der Waals surface area contributed by atoms with Crippen LogP contribution in [0.1, 0.15) is 48.9 Å². The Morgan fingerprint density at radius 3 is 2.72 bits per heavy atom. The lowest BCUT2D eigenvalue weighted by molar-refractivity contribution is 0.0402. The molecule has 2 N–H and O–H groups in total. The van der Waals surface area contributed by atoms with Crippen molar-refractivity contribution in [2.45, 2.75) is 33.4 Å². The summed E-state index contributed by atoms with van der Waals surface area (Å²) in [5.41, 5.74) is 6.78. The van der Waals surface area contributed by atoms with E-state index >= 15 is 0 Å². The summed E-state index contributed by atoms with van der Waals surface area (Å²) in [5.74, 6) is 1.12. The number of anilines is 1. The first-order valence-corrected chi connectivity index (χ1v) is 7.92. The maximum atomic E-state index is 12.4. The highest BCUT2D eigenvalue weighted by Crippen LogP contribution is 2.16. The third kappa shape index (κ3) is 6.03. The molecule has 1 aromatic carbocycles. The quantitative estimate of drug-likeness (QED) is 0.754. The second-order valence-corrected chi connectivity index (χ2v) is 6.20. The summed E-state index contributed by atoms with van der Waals surface area (Å²) in [7, 11) is 1.67. The van der Waals surface area contributed by atoms with Crippen molar-refractivity contribution in [3.05, 3.63) is 41.5 Å². The number of hydrogen-bond acceptors (Lipinski definition) is 6. The van der Waals surface area contributed by atoms with Gasteiger partial charge >= 0.3 is 0 Å². The maximum Gasteiger partial charge on any atom is 0.254 e. The number of amides is 1. The number of aromatic nitrogens is 2. The molecule has 8 heteroatoms. The van der Waals surface area contributed by atoms with Gasteiger partial charge in [0.15, 0.2) is 5.82 Å². The smallest absolute Gasteiger partial charge is 0.254 e. The van der Waals surface area contributed by atoms with Crippen LogP contribution in [0.4, 0.5) is 5.69 Å². The van der Waals surface area contributed by atoms with E-state index in [1.54, 1.807) is 31.3 Å². The molecule has 138 valence electrons. The zero-order valence-electron chi connectivity index (χ0n) is 14.9. The summed E-state index contributed by atoms with van der Waals surface area (Å²) < 4.78 is 10.9. The van der Waals surface area contributed by atoms with Crippen molar-refractivity contribution in [3.8, 4) is 0 Å². The zero-order chi connectivity index (χ0) is 17.7. The van der Waals surface area contributed by atoms with Crippen LogP contribution in [-0.4, -0.2) is 34.6 Å². The zero-order valence-corrected chi connectivity index (χ0v) is 15.7. The molecule has 1 amide bonds. The van der Waals surface area contributed by atoms with E-state index < -0.39 is 0 Å². The molecule has 1 atom stereocenters. The largest absolute Gasteiger partial charge is 0.399 e. The number of benzene rings is 1. The fourth-order valence-electron chi connectivity index (χ4n) is 2.08. The van der Waals surface area contributed by atoms with Gasteiger partial charge in [-0.3, -0.25) is 4.79 Å². The first-order chi connectivity index (χ1) is 11.4. The summed E-state index contributed by atoms with van der Waals surface area (Å²) in [6.45, 7) is 6.87. The van der Waals surface area contributed by atoms with E-state index in [0.29, 0.717) is 35.5 Å². The van der Waals surface area contributed by atoms with Gasteiger partial charge in [0.05, 0.1) is 6.54 Å². The lowest BCUT2D eigenvalue weighted by Crippen LogP contribution is -2.26. The van der Waals surface area contributed by atoms with Crippen LogP contribution in [0.5, 0.6) is 0 Å². The molecular weight excluding hydrogens is 344 g/mol. The van der Waals surface area contributed by atoms with Gasteiger partial charge < -0.3 is 19.9 Å². The average molecular weight is 369 g/mol. The highest BCUT2D eigenvalue weighted by atomic mass is 35.5. The average Bonchev–Trinajstić information content (AvgIpc) is 3.00. The molecule has 0 aliphatic carbocycles. The Hall–Kier alpha value is -2.12. The van der Waals surface area contributed by atoms with Gasteiger partial charge in [-0.2, -0.15) is 4.98 Å². The molecule has 0 saturated carbocycles. The first-order valence-electron chi connectivity index (χ1n) is 7.92. The Balaban J connectivity index is 0.00000312. The third-order valence-electron chi connectivity index (χ3n) is 3.38. The Kier molecular flexibility index (Phi) is 7.86. The Labute approximate surface area is 153 Å². The highest BCUT2D eigenvalue weighted by Gasteiger charge is 2.18. The van der Waals surface area contributed by atoms with Crippen LogP contribution in [0.15, 0.2) is 28.8 Å². The van der Waals surface area contributed by atoms with E-state index in [9.17, 15) is 4.79 Å². The summed E-state index contributed by atoms with van der Waals surface area (Å²) in [4.78, 5) is 18.2. The summed E-state index contributed by atoms with van der Waals surface area (Å²) in [5, 5.41) is 3.92. The number of nitrogen functional groups attached to an aromatic ring is 1. The van der Waals surface area contributed by atoms with Gasteiger partial charge in [-0.05, 0) is 31.0 Å². The third-order valence-corrected chi connectivity index (χ3v) is 3.38. The summed E-state index contributed by atoms with van der Waals surface area (Å²) in [6.07, 6.45) is -0.250. The molecule has 0 aliphatic heterocycles. The molecule has 7 nitrogen and oxygen atoms in total. The van der Waals surface area contributed by atoms with E-state index in [2.05, 4.69) is 24.0 Å². The highest BCUT2D eigenvalue weighted by molar-refractivity contribution is 5.94. The van der Waals surface area contributed by atoms with Crippen molar-refractivity contribution in [2.24, 2.45) is 5.92 Å². The Bertz CT molecular complexity index is 690. The monoisotopic (exact) mass is 368 g/mol. The van der Waals surface area contributed by atoms with Gasteiger partial charge in [0.1, 0.15) is 6.10 Å². The maximum absolute atomic E-state index is 12.4. The number of nitrogens with two attached hydrogens (primary N) is 1. The van der Waals surface area contributed by atoms with Crippen molar-refractivity contribution < 1.29 is 14.1 Å². The molecule has 1 unspecified atom stereocenters. The van der Waals surface area contributed by atoms with Crippen molar-refractivity contribution in [2.75, 3.05) is 19.4 Å². The number of hydrogen-bond donors (Lipinski definition) is 1. The molecule has 0 fully saturated rings. The first kappa shape index (κ1) is 20.9. The minimum absolute atomic E-state index is 0. The predicted molar refractivity (Wildman–Crippen MR) is 97.4 cm³/mol.